The largest absolute Gasteiger partial charge is 0.451 e. The van der Waals surface area contributed by atoms with Gasteiger partial charge in [-0.1, -0.05) is 0 Å². The Morgan fingerprint density at radius 3 is 2.62 bits per heavy atom. The first-order valence-corrected chi connectivity index (χ1v) is 8.66. The number of aryl methyl sites for hydroxylation is 1. The lowest BCUT2D eigenvalue weighted by molar-refractivity contribution is -0.135. The van der Waals surface area contributed by atoms with Crippen LogP contribution in [0.4, 0.5) is 0 Å². The van der Waals surface area contributed by atoms with Gasteiger partial charge in [0.15, 0.2) is 17.4 Å². The lowest BCUT2D eigenvalue weighted by Crippen LogP contribution is -2.38. The Morgan fingerprint density at radius 1 is 1.21 bits per heavy atom. The van der Waals surface area contributed by atoms with Crippen LogP contribution in [-0.4, -0.2) is 51.4 Å². The topological polar surface area (TPSA) is 85.3 Å². The monoisotopic (exact) mass is 346 g/mol. The van der Waals surface area contributed by atoms with E-state index in [0.29, 0.717) is 21.4 Å². The summed E-state index contributed by atoms with van der Waals surface area (Å²) in [6.45, 7) is 2.98. The van der Waals surface area contributed by atoms with Crippen molar-refractivity contribution in [2.24, 2.45) is 0 Å². The van der Waals surface area contributed by atoms with Crippen LogP contribution < -0.4 is 0 Å². The fraction of sp³-hybridized carbons (Fsp3) is 0.438. The molecule has 1 fully saturated rings. The van der Waals surface area contributed by atoms with Crippen molar-refractivity contribution in [3.8, 4) is 10.8 Å². The number of aromatic nitrogens is 3. The predicted octanol–water partition coefficient (Wildman–Crippen LogP) is 2.08. The highest BCUT2D eigenvalue weighted by Gasteiger charge is 2.22. The van der Waals surface area contributed by atoms with Gasteiger partial charge in [0.05, 0.1) is 5.69 Å². The molecule has 3 heterocycles. The van der Waals surface area contributed by atoms with E-state index in [1.807, 2.05) is 0 Å². The Labute approximate surface area is 143 Å². The van der Waals surface area contributed by atoms with E-state index in [1.54, 1.807) is 30.3 Å². The van der Waals surface area contributed by atoms with Crippen molar-refractivity contribution in [3.05, 3.63) is 29.0 Å². The van der Waals surface area contributed by atoms with Crippen molar-refractivity contribution in [1.82, 2.24) is 19.9 Å². The highest BCUT2D eigenvalue weighted by Crippen LogP contribution is 2.25. The first-order chi connectivity index (χ1) is 11.6. The number of rotatable bonds is 4. The molecule has 0 bridgehead atoms. The zero-order valence-corrected chi connectivity index (χ0v) is 14.2. The SMILES string of the molecule is Cc1nc(-c2ncccn2)sc1C(=O)OCC(=O)N1CCCCC1. The van der Waals surface area contributed by atoms with Gasteiger partial charge in [-0.05, 0) is 32.3 Å². The van der Waals surface area contributed by atoms with Gasteiger partial charge in [0.2, 0.25) is 0 Å². The maximum atomic E-state index is 12.2. The van der Waals surface area contributed by atoms with Crippen LogP contribution in [0.25, 0.3) is 10.8 Å². The molecule has 1 amide bonds. The maximum absolute atomic E-state index is 12.2. The molecule has 0 saturated carbocycles. The van der Waals surface area contributed by atoms with Crippen LogP contribution in [-0.2, 0) is 9.53 Å². The molecular formula is C16H18N4O3S. The summed E-state index contributed by atoms with van der Waals surface area (Å²) >= 11 is 1.17. The molecule has 0 N–H and O–H groups in total. The number of nitrogens with zero attached hydrogens (tertiary/aromatic N) is 4. The number of ether oxygens (including phenoxy) is 1. The van der Waals surface area contributed by atoms with Crippen LogP contribution >= 0.6 is 11.3 Å². The van der Waals surface area contributed by atoms with Gasteiger partial charge in [0.25, 0.3) is 5.91 Å². The van der Waals surface area contributed by atoms with Gasteiger partial charge < -0.3 is 9.64 Å². The van der Waals surface area contributed by atoms with Gasteiger partial charge in [-0.3, -0.25) is 4.79 Å². The molecule has 7 nitrogen and oxygen atoms in total. The molecule has 0 radical (unpaired) electrons. The average molecular weight is 346 g/mol. The van der Waals surface area contributed by atoms with Crippen molar-refractivity contribution in [1.29, 1.82) is 0 Å². The Bertz CT molecular complexity index is 726. The second kappa shape index (κ2) is 7.48. The van der Waals surface area contributed by atoms with Gasteiger partial charge in [0, 0.05) is 25.5 Å². The number of carbonyl (C=O) groups excluding carboxylic acids is 2. The van der Waals surface area contributed by atoms with Gasteiger partial charge in [-0.2, -0.15) is 0 Å². The van der Waals surface area contributed by atoms with Crippen LogP contribution in [0.3, 0.4) is 0 Å². The minimum atomic E-state index is -0.530. The highest BCUT2D eigenvalue weighted by molar-refractivity contribution is 7.16. The number of thiazole rings is 1. The molecule has 1 aliphatic heterocycles. The molecule has 8 heteroatoms. The Balaban J connectivity index is 1.63. The fourth-order valence-electron chi connectivity index (χ4n) is 2.52. The van der Waals surface area contributed by atoms with Crippen molar-refractivity contribution < 1.29 is 14.3 Å². The molecule has 2 aromatic rings. The Hall–Kier alpha value is -2.35. The molecule has 2 aromatic heterocycles. The first kappa shape index (κ1) is 16.5. The van der Waals surface area contributed by atoms with Crippen LogP contribution in [0.2, 0.25) is 0 Å². The number of amides is 1. The molecule has 1 saturated heterocycles. The van der Waals surface area contributed by atoms with Crippen molar-refractivity contribution >= 4 is 23.2 Å². The number of hydrogen-bond acceptors (Lipinski definition) is 7. The van der Waals surface area contributed by atoms with Crippen LogP contribution in [0.5, 0.6) is 0 Å². The minimum Gasteiger partial charge on any atom is -0.451 e. The molecular weight excluding hydrogens is 328 g/mol. The van der Waals surface area contributed by atoms with E-state index < -0.39 is 5.97 Å². The van der Waals surface area contributed by atoms with E-state index in [0.717, 1.165) is 32.4 Å². The molecule has 0 aromatic carbocycles. The summed E-state index contributed by atoms with van der Waals surface area (Å²) in [5.41, 5.74) is 0.554. The Kier molecular flexibility index (Phi) is 5.14. The lowest BCUT2D eigenvalue weighted by atomic mass is 10.1. The van der Waals surface area contributed by atoms with Crippen molar-refractivity contribution in [3.63, 3.8) is 0 Å². The summed E-state index contributed by atoms with van der Waals surface area (Å²) < 4.78 is 5.17. The average Bonchev–Trinajstić information content (AvgIpc) is 3.03. The first-order valence-electron chi connectivity index (χ1n) is 7.85. The van der Waals surface area contributed by atoms with Crippen LogP contribution in [0.15, 0.2) is 18.5 Å². The minimum absolute atomic E-state index is 0.142. The second-order valence-corrected chi connectivity index (χ2v) is 6.52. The second-order valence-electron chi connectivity index (χ2n) is 5.52. The van der Waals surface area contributed by atoms with Crippen LogP contribution in [0.1, 0.15) is 34.6 Å². The summed E-state index contributed by atoms with van der Waals surface area (Å²) in [6, 6.07) is 1.71. The maximum Gasteiger partial charge on any atom is 0.350 e. The summed E-state index contributed by atoms with van der Waals surface area (Å²) in [5, 5.41) is 0.558. The number of likely N-dealkylation sites (tertiary alicyclic amines) is 1. The lowest BCUT2D eigenvalue weighted by Gasteiger charge is -2.26. The normalized spacial score (nSPS) is 14.5. The third kappa shape index (κ3) is 3.76. The van der Waals surface area contributed by atoms with E-state index in [4.69, 9.17) is 4.74 Å². The smallest absolute Gasteiger partial charge is 0.350 e. The molecule has 1 aliphatic rings. The summed E-state index contributed by atoms with van der Waals surface area (Å²) in [7, 11) is 0. The molecule has 3 rings (SSSR count). The number of carbonyl (C=O) groups is 2. The Morgan fingerprint density at radius 2 is 1.92 bits per heavy atom. The number of hydrogen-bond donors (Lipinski definition) is 0. The molecule has 0 atom stereocenters. The van der Waals surface area contributed by atoms with E-state index in [1.165, 1.54) is 11.3 Å². The quantitative estimate of drug-likeness (QED) is 0.788. The van der Waals surface area contributed by atoms with Crippen molar-refractivity contribution in [2.45, 2.75) is 26.2 Å². The molecule has 126 valence electrons. The van der Waals surface area contributed by atoms with Gasteiger partial charge in [-0.25, -0.2) is 19.7 Å². The van der Waals surface area contributed by atoms with E-state index in [9.17, 15) is 9.59 Å². The van der Waals surface area contributed by atoms with Crippen LogP contribution in [0, 0.1) is 6.92 Å². The van der Waals surface area contributed by atoms with E-state index in [2.05, 4.69) is 15.0 Å². The van der Waals surface area contributed by atoms with E-state index >= 15 is 0 Å². The van der Waals surface area contributed by atoms with Gasteiger partial charge in [0.1, 0.15) is 4.88 Å². The molecule has 0 unspecified atom stereocenters. The highest BCUT2D eigenvalue weighted by atomic mass is 32.1. The molecule has 24 heavy (non-hydrogen) atoms. The standard InChI is InChI=1S/C16H18N4O3S/c1-11-13(24-15(19-11)14-17-6-5-7-18-14)16(22)23-10-12(21)20-8-3-2-4-9-20/h5-7H,2-4,8-10H2,1H3. The summed E-state index contributed by atoms with van der Waals surface area (Å²) in [6.07, 6.45) is 6.40. The zero-order valence-electron chi connectivity index (χ0n) is 13.4. The molecule has 0 spiro atoms. The zero-order chi connectivity index (χ0) is 16.9. The summed E-state index contributed by atoms with van der Waals surface area (Å²) in [5.74, 6) is -0.205. The fourth-order valence-corrected chi connectivity index (χ4v) is 3.43. The third-order valence-corrected chi connectivity index (χ3v) is 4.91. The third-order valence-electron chi connectivity index (χ3n) is 3.77. The predicted molar refractivity (Wildman–Crippen MR) is 88.6 cm³/mol. The van der Waals surface area contributed by atoms with Gasteiger partial charge >= 0.3 is 5.97 Å². The number of piperidine rings is 1. The molecule has 0 aliphatic carbocycles. The summed E-state index contributed by atoms with van der Waals surface area (Å²) in [4.78, 5) is 39.0. The van der Waals surface area contributed by atoms with Crippen molar-refractivity contribution in [2.75, 3.05) is 19.7 Å². The van der Waals surface area contributed by atoms with Gasteiger partial charge in [-0.15, -0.1) is 11.3 Å². The van der Waals surface area contributed by atoms with E-state index in [-0.39, 0.29) is 12.5 Å². The number of esters is 1.